The summed E-state index contributed by atoms with van der Waals surface area (Å²) < 4.78 is 10.6. The lowest BCUT2D eigenvalue weighted by molar-refractivity contribution is 0.0947. The van der Waals surface area contributed by atoms with Gasteiger partial charge < -0.3 is 19.7 Å². The van der Waals surface area contributed by atoms with Crippen molar-refractivity contribution in [3.8, 4) is 11.5 Å². The molecule has 2 aromatic carbocycles. The van der Waals surface area contributed by atoms with E-state index in [1.54, 1.807) is 25.3 Å². The van der Waals surface area contributed by atoms with Crippen LogP contribution >= 0.6 is 11.8 Å². The monoisotopic (exact) mass is 372 g/mol. The average molecular weight is 372 g/mol. The van der Waals surface area contributed by atoms with Crippen LogP contribution in [0.5, 0.6) is 11.5 Å². The lowest BCUT2D eigenvalue weighted by atomic mass is 10.1. The molecular formula is C20H24N2O3S. The van der Waals surface area contributed by atoms with E-state index in [1.807, 2.05) is 11.8 Å². The quantitative estimate of drug-likeness (QED) is 0.844. The first-order valence-corrected chi connectivity index (χ1v) is 9.79. The van der Waals surface area contributed by atoms with Crippen LogP contribution in [0.15, 0.2) is 42.5 Å². The van der Waals surface area contributed by atoms with Crippen LogP contribution in [0, 0.1) is 0 Å². The van der Waals surface area contributed by atoms with Gasteiger partial charge in [-0.1, -0.05) is 18.2 Å². The Morgan fingerprint density at radius 3 is 2.46 bits per heavy atom. The number of nitrogens with one attached hydrogen (secondary N) is 1. The van der Waals surface area contributed by atoms with E-state index in [0.29, 0.717) is 23.6 Å². The van der Waals surface area contributed by atoms with Crippen LogP contribution in [-0.2, 0) is 6.54 Å². The molecule has 0 saturated carbocycles. The van der Waals surface area contributed by atoms with E-state index in [1.165, 1.54) is 24.3 Å². The normalized spacial score (nSPS) is 14.0. The first kappa shape index (κ1) is 18.5. The molecule has 0 spiro atoms. The number of thioether (sulfide) groups is 1. The number of carbonyl (C=O) groups is 1. The van der Waals surface area contributed by atoms with Gasteiger partial charge in [0.2, 0.25) is 0 Å². The molecule has 0 bridgehead atoms. The Kier molecular flexibility index (Phi) is 6.28. The summed E-state index contributed by atoms with van der Waals surface area (Å²) in [6, 6.07) is 13.7. The first-order chi connectivity index (χ1) is 12.7. The summed E-state index contributed by atoms with van der Waals surface area (Å²) in [5.74, 6) is 3.17. The number of benzene rings is 2. The van der Waals surface area contributed by atoms with Crippen LogP contribution in [0.1, 0.15) is 15.9 Å². The van der Waals surface area contributed by atoms with Gasteiger partial charge in [0.25, 0.3) is 5.91 Å². The number of methoxy groups -OCH3 is 2. The highest BCUT2D eigenvalue weighted by atomic mass is 32.2. The van der Waals surface area contributed by atoms with E-state index in [4.69, 9.17) is 9.47 Å². The second-order valence-electron chi connectivity index (χ2n) is 5.99. The molecule has 1 aliphatic rings. The molecule has 3 rings (SSSR count). The van der Waals surface area contributed by atoms with Crippen molar-refractivity contribution in [3.05, 3.63) is 53.6 Å². The zero-order valence-corrected chi connectivity index (χ0v) is 16.0. The zero-order valence-electron chi connectivity index (χ0n) is 15.2. The van der Waals surface area contributed by atoms with E-state index < -0.39 is 0 Å². The molecule has 1 saturated heterocycles. The first-order valence-electron chi connectivity index (χ1n) is 8.63. The molecule has 0 atom stereocenters. The topological polar surface area (TPSA) is 50.8 Å². The number of hydrogen-bond donors (Lipinski definition) is 1. The van der Waals surface area contributed by atoms with Crippen LogP contribution in [-0.4, -0.2) is 44.7 Å². The Labute approximate surface area is 158 Å². The maximum absolute atomic E-state index is 12.5. The van der Waals surface area contributed by atoms with E-state index >= 15 is 0 Å². The van der Waals surface area contributed by atoms with Gasteiger partial charge in [0.1, 0.15) is 0 Å². The van der Waals surface area contributed by atoms with Gasteiger partial charge in [0.05, 0.1) is 19.8 Å². The minimum atomic E-state index is -0.183. The third-order valence-corrected chi connectivity index (χ3v) is 5.36. The number of amides is 1. The summed E-state index contributed by atoms with van der Waals surface area (Å²) in [5, 5.41) is 2.95. The molecule has 26 heavy (non-hydrogen) atoms. The molecule has 6 heteroatoms. The predicted molar refractivity (Wildman–Crippen MR) is 107 cm³/mol. The third kappa shape index (κ3) is 4.25. The van der Waals surface area contributed by atoms with Crippen molar-refractivity contribution in [2.75, 3.05) is 43.7 Å². The van der Waals surface area contributed by atoms with E-state index in [-0.39, 0.29) is 5.91 Å². The Morgan fingerprint density at radius 2 is 1.81 bits per heavy atom. The SMILES string of the molecule is COc1cccc(C(=O)NCc2ccc(N3CCSCC3)cc2)c1OC. The van der Waals surface area contributed by atoms with Crippen LogP contribution in [0.2, 0.25) is 0 Å². The second kappa shape index (κ2) is 8.85. The lowest BCUT2D eigenvalue weighted by Crippen LogP contribution is -2.32. The number of rotatable bonds is 6. The van der Waals surface area contributed by atoms with E-state index in [0.717, 1.165) is 18.7 Å². The fourth-order valence-corrected chi connectivity index (χ4v) is 3.89. The molecule has 1 amide bonds. The van der Waals surface area contributed by atoms with Gasteiger partial charge in [-0.3, -0.25) is 4.79 Å². The number of para-hydroxylation sites is 1. The molecule has 0 aromatic heterocycles. The average Bonchev–Trinajstić information content (AvgIpc) is 2.72. The van der Waals surface area contributed by atoms with Crippen molar-refractivity contribution >= 4 is 23.4 Å². The molecule has 2 aromatic rings. The highest BCUT2D eigenvalue weighted by Crippen LogP contribution is 2.30. The molecular weight excluding hydrogens is 348 g/mol. The number of anilines is 1. The summed E-state index contributed by atoms with van der Waals surface area (Å²) in [4.78, 5) is 14.9. The van der Waals surface area contributed by atoms with Gasteiger partial charge in [-0.25, -0.2) is 0 Å². The van der Waals surface area contributed by atoms with Gasteiger partial charge in [-0.2, -0.15) is 11.8 Å². The summed E-state index contributed by atoms with van der Waals surface area (Å²) in [6.45, 7) is 2.65. The molecule has 138 valence electrons. The van der Waals surface area contributed by atoms with Gasteiger partial charge in [-0.15, -0.1) is 0 Å². The van der Waals surface area contributed by atoms with Crippen LogP contribution in [0.25, 0.3) is 0 Å². The Bertz CT molecular complexity index is 743. The Balaban J connectivity index is 1.63. The van der Waals surface area contributed by atoms with Crippen molar-refractivity contribution in [1.82, 2.24) is 5.32 Å². The molecule has 0 aliphatic carbocycles. The Hall–Kier alpha value is -2.34. The van der Waals surface area contributed by atoms with Crippen molar-refractivity contribution < 1.29 is 14.3 Å². The number of hydrogen-bond acceptors (Lipinski definition) is 5. The maximum Gasteiger partial charge on any atom is 0.255 e. The van der Waals surface area contributed by atoms with Crippen molar-refractivity contribution in [3.63, 3.8) is 0 Å². The number of carbonyl (C=O) groups excluding carboxylic acids is 1. The Morgan fingerprint density at radius 1 is 1.08 bits per heavy atom. The fourth-order valence-electron chi connectivity index (χ4n) is 2.99. The number of ether oxygens (including phenoxy) is 2. The third-order valence-electron chi connectivity index (χ3n) is 4.41. The minimum absolute atomic E-state index is 0.183. The number of nitrogens with zero attached hydrogens (tertiary/aromatic N) is 1. The second-order valence-corrected chi connectivity index (χ2v) is 7.21. The summed E-state index contributed by atoms with van der Waals surface area (Å²) in [7, 11) is 3.09. The molecule has 1 heterocycles. The van der Waals surface area contributed by atoms with E-state index in [2.05, 4.69) is 34.5 Å². The van der Waals surface area contributed by atoms with Crippen molar-refractivity contribution in [1.29, 1.82) is 0 Å². The van der Waals surface area contributed by atoms with Gasteiger partial charge in [0.15, 0.2) is 11.5 Å². The van der Waals surface area contributed by atoms with Gasteiger partial charge >= 0.3 is 0 Å². The van der Waals surface area contributed by atoms with E-state index in [9.17, 15) is 4.79 Å². The molecule has 1 fully saturated rings. The summed E-state index contributed by atoms with van der Waals surface area (Å²) in [6.07, 6.45) is 0. The van der Waals surface area contributed by atoms with Crippen LogP contribution in [0.3, 0.4) is 0 Å². The molecule has 1 N–H and O–H groups in total. The fraction of sp³-hybridized carbons (Fsp3) is 0.350. The van der Waals surface area contributed by atoms with Gasteiger partial charge in [0, 0.05) is 36.8 Å². The smallest absolute Gasteiger partial charge is 0.255 e. The van der Waals surface area contributed by atoms with Crippen molar-refractivity contribution in [2.45, 2.75) is 6.54 Å². The van der Waals surface area contributed by atoms with Crippen LogP contribution < -0.4 is 19.7 Å². The summed E-state index contributed by atoms with van der Waals surface area (Å²) in [5.41, 5.74) is 2.78. The minimum Gasteiger partial charge on any atom is -0.493 e. The molecule has 1 aliphatic heterocycles. The molecule has 0 radical (unpaired) electrons. The largest absolute Gasteiger partial charge is 0.493 e. The molecule has 5 nitrogen and oxygen atoms in total. The van der Waals surface area contributed by atoms with Gasteiger partial charge in [-0.05, 0) is 29.8 Å². The maximum atomic E-state index is 12.5. The molecule has 0 unspecified atom stereocenters. The zero-order chi connectivity index (χ0) is 18.4. The lowest BCUT2D eigenvalue weighted by Gasteiger charge is -2.28. The summed E-state index contributed by atoms with van der Waals surface area (Å²) >= 11 is 2.00. The van der Waals surface area contributed by atoms with Crippen LogP contribution in [0.4, 0.5) is 5.69 Å². The van der Waals surface area contributed by atoms with Crippen molar-refractivity contribution in [2.24, 2.45) is 0 Å². The highest BCUT2D eigenvalue weighted by Gasteiger charge is 2.16. The highest BCUT2D eigenvalue weighted by molar-refractivity contribution is 7.99. The predicted octanol–water partition coefficient (Wildman–Crippen LogP) is 3.19. The standard InChI is InChI=1S/C20H24N2O3S/c1-24-18-5-3-4-17(19(18)25-2)20(23)21-14-15-6-8-16(9-7-15)22-10-12-26-13-11-22/h3-9H,10-14H2,1-2H3,(H,21,23).